The maximum Gasteiger partial charge on any atom is 0.432 e. The number of aliphatic carboxylic acids is 1. The number of carboxylic acids is 1. The molecule has 2 aromatic heterocycles. The van der Waals surface area contributed by atoms with Gasteiger partial charge in [-0.3, -0.25) is 4.79 Å². The van der Waals surface area contributed by atoms with Crippen molar-refractivity contribution in [3.63, 3.8) is 0 Å². The number of ether oxygens (including phenoxy) is 1. The van der Waals surface area contributed by atoms with Crippen LogP contribution in [0.4, 0.5) is 17.6 Å². The number of aromatic amines is 1. The lowest BCUT2D eigenvalue weighted by atomic mass is 9.95. The van der Waals surface area contributed by atoms with Crippen LogP contribution >= 0.6 is 0 Å². The lowest BCUT2D eigenvalue weighted by molar-refractivity contribution is -0.148. The molecule has 0 unspecified atom stereocenters. The highest BCUT2D eigenvalue weighted by Crippen LogP contribution is 2.31. The predicted molar refractivity (Wildman–Crippen MR) is 99.1 cm³/mol. The Morgan fingerprint density at radius 2 is 1.80 bits per heavy atom. The van der Waals surface area contributed by atoms with E-state index in [2.05, 4.69) is 15.0 Å². The van der Waals surface area contributed by atoms with Crippen molar-refractivity contribution in [1.82, 2.24) is 15.0 Å². The van der Waals surface area contributed by atoms with Crippen LogP contribution in [0.15, 0.2) is 42.7 Å². The maximum atomic E-state index is 14.6. The Kier molecular flexibility index (Phi) is 5.51. The van der Waals surface area contributed by atoms with Gasteiger partial charge in [-0.05, 0) is 26.0 Å². The average molecular weight is 423 g/mol. The molecule has 158 valence electrons. The summed E-state index contributed by atoms with van der Waals surface area (Å²) in [7, 11) is 0. The van der Waals surface area contributed by atoms with E-state index >= 15 is 0 Å². The van der Waals surface area contributed by atoms with Gasteiger partial charge in [-0.25, -0.2) is 14.4 Å². The van der Waals surface area contributed by atoms with E-state index in [-0.39, 0.29) is 29.4 Å². The number of H-pyrrole nitrogens is 1. The Bertz CT molecular complexity index is 1060. The van der Waals surface area contributed by atoms with E-state index in [1.807, 2.05) is 0 Å². The van der Waals surface area contributed by atoms with Crippen LogP contribution < -0.4 is 4.74 Å². The molecule has 6 nitrogen and oxygen atoms in total. The van der Waals surface area contributed by atoms with Gasteiger partial charge in [0, 0.05) is 29.0 Å². The molecule has 3 rings (SSSR count). The van der Waals surface area contributed by atoms with Crippen LogP contribution in [-0.2, 0) is 11.0 Å². The Balaban J connectivity index is 1.77. The van der Waals surface area contributed by atoms with Crippen molar-refractivity contribution >= 4 is 5.97 Å². The summed E-state index contributed by atoms with van der Waals surface area (Å²) in [5.74, 6) is -1.60. The summed E-state index contributed by atoms with van der Waals surface area (Å²) < 4.78 is 58.0. The zero-order valence-electron chi connectivity index (χ0n) is 15.9. The summed E-state index contributed by atoms with van der Waals surface area (Å²) in [6, 6.07) is 6.95. The molecule has 0 saturated carbocycles. The van der Waals surface area contributed by atoms with Gasteiger partial charge in [-0.15, -0.1) is 0 Å². The quantitative estimate of drug-likeness (QED) is 0.557. The lowest BCUT2D eigenvalue weighted by Gasteiger charge is -2.19. The number of hydrogen-bond acceptors (Lipinski definition) is 4. The molecule has 1 aromatic carbocycles. The fourth-order valence-corrected chi connectivity index (χ4v) is 2.45. The molecule has 10 heteroatoms. The standard InChI is InChI=1S/C20H17F4N3O3/c1-19(2,18(28)29)10-30-16-6-4-12(8-25-16)13-5-3-11(7-14(13)21)17-26-9-15(27-17)20(22,23)24/h3-9H,10H2,1-2H3,(H,26,27)(H,28,29). The molecule has 0 aliphatic rings. The van der Waals surface area contributed by atoms with Gasteiger partial charge in [0.1, 0.15) is 23.9 Å². The van der Waals surface area contributed by atoms with Gasteiger partial charge in [0.05, 0.1) is 11.6 Å². The average Bonchev–Trinajstić information content (AvgIpc) is 3.17. The molecule has 0 atom stereocenters. The number of rotatable bonds is 6. The number of carboxylic acid groups (broad SMARTS) is 1. The number of alkyl halides is 3. The Hall–Kier alpha value is -3.43. The second-order valence-electron chi connectivity index (χ2n) is 7.20. The van der Waals surface area contributed by atoms with Crippen molar-refractivity contribution in [3.8, 4) is 28.4 Å². The fourth-order valence-electron chi connectivity index (χ4n) is 2.45. The summed E-state index contributed by atoms with van der Waals surface area (Å²) in [6.07, 6.45) is -2.57. The largest absolute Gasteiger partial charge is 0.481 e. The number of nitrogens with one attached hydrogen (secondary N) is 1. The predicted octanol–water partition coefficient (Wildman–Crippen LogP) is 4.79. The Morgan fingerprint density at radius 3 is 2.33 bits per heavy atom. The van der Waals surface area contributed by atoms with E-state index in [0.29, 0.717) is 11.8 Å². The molecule has 2 heterocycles. The molecule has 0 radical (unpaired) electrons. The molecular formula is C20H17F4N3O3. The first-order valence-corrected chi connectivity index (χ1v) is 8.72. The van der Waals surface area contributed by atoms with Gasteiger partial charge < -0.3 is 14.8 Å². The van der Waals surface area contributed by atoms with E-state index in [1.165, 1.54) is 38.2 Å². The first-order valence-electron chi connectivity index (χ1n) is 8.72. The van der Waals surface area contributed by atoms with Crippen LogP contribution in [0.25, 0.3) is 22.5 Å². The van der Waals surface area contributed by atoms with Crippen LogP contribution in [-0.4, -0.2) is 32.6 Å². The number of imidazole rings is 1. The molecule has 0 spiro atoms. The van der Waals surface area contributed by atoms with Gasteiger partial charge in [0.25, 0.3) is 0 Å². The van der Waals surface area contributed by atoms with Crippen LogP contribution in [0.5, 0.6) is 5.88 Å². The number of carbonyl (C=O) groups is 1. The van der Waals surface area contributed by atoms with Crippen LogP contribution in [0.1, 0.15) is 19.5 Å². The molecule has 0 bridgehead atoms. The molecule has 3 aromatic rings. The van der Waals surface area contributed by atoms with E-state index in [0.717, 1.165) is 6.07 Å². The third-order valence-corrected chi connectivity index (χ3v) is 4.33. The second-order valence-corrected chi connectivity index (χ2v) is 7.20. The molecule has 0 amide bonds. The number of hydrogen-bond donors (Lipinski definition) is 2. The minimum absolute atomic E-state index is 0.0964. The van der Waals surface area contributed by atoms with Gasteiger partial charge in [-0.1, -0.05) is 12.1 Å². The monoisotopic (exact) mass is 423 g/mol. The van der Waals surface area contributed by atoms with Gasteiger partial charge in [0.15, 0.2) is 0 Å². The number of halogens is 4. The van der Waals surface area contributed by atoms with Crippen molar-refractivity contribution in [1.29, 1.82) is 0 Å². The third kappa shape index (κ3) is 4.58. The zero-order chi connectivity index (χ0) is 22.1. The first kappa shape index (κ1) is 21.3. The van der Waals surface area contributed by atoms with E-state index in [4.69, 9.17) is 9.84 Å². The van der Waals surface area contributed by atoms with E-state index in [1.54, 1.807) is 6.07 Å². The number of benzene rings is 1. The normalized spacial score (nSPS) is 12.1. The van der Waals surface area contributed by atoms with E-state index < -0.39 is 29.1 Å². The molecule has 2 N–H and O–H groups in total. The molecule has 0 fully saturated rings. The Labute approximate surface area is 168 Å². The minimum atomic E-state index is -4.57. The maximum absolute atomic E-state index is 14.6. The summed E-state index contributed by atoms with van der Waals surface area (Å²) >= 11 is 0. The molecular weight excluding hydrogens is 406 g/mol. The van der Waals surface area contributed by atoms with Crippen LogP contribution in [0.3, 0.4) is 0 Å². The number of aromatic nitrogens is 3. The van der Waals surface area contributed by atoms with Crippen molar-refractivity contribution < 1.29 is 32.2 Å². The topological polar surface area (TPSA) is 88.1 Å². The third-order valence-electron chi connectivity index (χ3n) is 4.33. The van der Waals surface area contributed by atoms with Gasteiger partial charge in [-0.2, -0.15) is 13.2 Å². The van der Waals surface area contributed by atoms with Crippen LogP contribution in [0, 0.1) is 11.2 Å². The van der Waals surface area contributed by atoms with E-state index in [9.17, 15) is 22.4 Å². The lowest BCUT2D eigenvalue weighted by Crippen LogP contribution is -2.30. The molecule has 0 aliphatic heterocycles. The number of pyridine rings is 1. The minimum Gasteiger partial charge on any atom is -0.481 e. The SMILES string of the molecule is CC(C)(COc1ccc(-c2ccc(-c3ncc(C(F)(F)F)[nH]3)cc2F)cn1)C(=O)O. The van der Waals surface area contributed by atoms with Crippen molar-refractivity contribution in [2.45, 2.75) is 20.0 Å². The molecule has 0 aliphatic carbocycles. The van der Waals surface area contributed by atoms with Gasteiger partial charge in [0.2, 0.25) is 5.88 Å². The van der Waals surface area contributed by atoms with Crippen LogP contribution in [0.2, 0.25) is 0 Å². The highest BCUT2D eigenvalue weighted by atomic mass is 19.4. The van der Waals surface area contributed by atoms with Crippen molar-refractivity contribution in [2.24, 2.45) is 5.41 Å². The highest BCUT2D eigenvalue weighted by molar-refractivity contribution is 5.73. The highest BCUT2D eigenvalue weighted by Gasteiger charge is 2.33. The zero-order valence-corrected chi connectivity index (χ0v) is 15.9. The van der Waals surface area contributed by atoms with Crippen molar-refractivity contribution in [3.05, 3.63) is 54.2 Å². The fraction of sp³-hybridized carbons (Fsp3) is 0.250. The molecule has 30 heavy (non-hydrogen) atoms. The Morgan fingerprint density at radius 1 is 1.10 bits per heavy atom. The second kappa shape index (κ2) is 7.77. The summed E-state index contributed by atoms with van der Waals surface area (Å²) in [5.41, 5.74) is -1.35. The summed E-state index contributed by atoms with van der Waals surface area (Å²) in [5, 5.41) is 9.08. The summed E-state index contributed by atoms with van der Waals surface area (Å²) in [6.45, 7) is 2.93. The van der Waals surface area contributed by atoms with Crippen molar-refractivity contribution in [2.75, 3.05) is 6.61 Å². The number of nitrogens with zero attached hydrogens (tertiary/aromatic N) is 2. The van der Waals surface area contributed by atoms with Gasteiger partial charge >= 0.3 is 12.1 Å². The first-order chi connectivity index (χ1) is 14.0. The molecule has 0 saturated heterocycles. The smallest absolute Gasteiger partial charge is 0.432 e. The summed E-state index contributed by atoms with van der Waals surface area (Å²) in [4.78, 5) is 20.9.